The Balaban J connectivity index is 1.35. The number of ketones is 1. The Labute approximate surface area is 232 Å². The summed E-state index contributed by atoms with van der Waals surface area (Å²) in [6.45, 7) is 9.31. The number of nitrogens with zero attached hydrogens (tertiary/aromatic N) is 5. The molecule has 40 heavy (non-hydrogen) atoms. The number of anilines is 2. The lowest BCUT2D eigenvalue weighted by Gasteiger charge is -2.37. The molecule has 10 heteroatoms. The Morgan fingerprint density at radius 3 is 2.33 bits per heavy atom. The molecule has 4 aromatic rings. The van der Waals surface area contributed by atoms with E-state index in [4.69, 9.17) is 4.74 Å². The molecule has 0 atom stereocenters. The Hall–Kier alpha value is -4.73. The molecule has 0 unspecified atom stereocenters. The van der Waals surface area contributed by atoms with Gasteiger partial charge in [0.15, 0.2) is 11.4 Å². The highest BCUT2D eigenvalue weighted by Crippen LogP contribution is 2.29. The van der Waals surface area contributed by atoms with Crippen molar-refractivity contribution in [2.24, 2.45) is 0 Å². The zero-order valence-electron chi connectivity index (χ0n) is 23.0. The second kappa shape index (κ2) is 10.8. The van der Waals surface area contributed by atoms with E-state index in [0.717, 1.165) is 5.69 Å². The zero-order valence-corrected chi connectivity index (χ0v) is 23.0. The number of carbonyl (C=O) groups is 3. The van der Waals surface area contributed by atoms with Crippen LogP contribution in [0.15, 0.2) is 67.0 Å². The van der Waals surface area contributed by atoms with E-state index in [9.17, 15) is 14.4 Å². The molecule has 2 amide bonds. The smallest absolute Gasteiger partial charge is 0.410 e. The molecule has 0 spiro atoms. The topological polar surface area (TPSA) is 109 Å². The van der Waals surface area contributed by atoms with Crippen molar-refractivity contribution in [2.75, 3.05) is 36.4 Å². The Morgan fingerprint density at radius 1 is 0.900 bits per heavy atom. The van der Waals surface area contributed by atoms with Crippen LogP contribution in [0.25, 0.3) is 16.8 Å². The Kier molecular flexibility index (Phi) is 7.25. The summed E-state index contributed by atoms with van der Waals surface area (Å²) in [4.78, 5) is 46.5. The van der Waals surface area contributed by atoms with E-state index in [2.05, 4.69) is 20.3 Å². The fraction of sp³-hybridized carbons (Fsp3) is 0.300. The molecule has 1 fully saturated rings. The number of piperazine rings is 1. The minimum absolute atomic E-state index is 0.0626. The first kappa shape index (κ1) is 26.9. The first-order valence-electron chi connectivity index (χ1n) is 13.2. The van der Waals surface area contributed by atoms with Crippen LogP contribution in [0, 0.1) is 0 Å². The summed E-state index contributed by atoms with van der Waals surface area (Å²) in [5.41, 5.74) is 3.62. The fourth-order valence-electron chi connectivity index (χ4n) is 4.71. The first-order chi connectivity index (χ1) is 19.1. The molecule has 0 radical (unpaired) electrons. The van der Waals surface area contributed by atoms with E-state index < -0.39 is 5.60 Å². The summed E-state index contributed by atoms with van der Waals surface area (Å²) < 4.78 is 7.09. The van der Waals surface area contributed by atoms with Crippen LogP contribution in [-0.2, 0) is 4.74 Å². The lowest BCUT2D eigenvalue weighted by atomic mass is 9.99. The van der Waals surface area contributed by atoms with Crippen LogP contribution < -0.4 is 10.2 Å². The molecule has 0 bridgehead atoms. The van der Waals surface area contributed by atoms with Crippen LogP contribution in [0.5, 0.6) is 0 Å². The molecule has 0 aliphatic carbocycles. The number of hydrogen-bond acceptors (Lipinski definition) is 7. The third-order valence-corrected chi connectivity index (χ3v) is 6.62. The SMILES string of the molecule is CC(=O)c1ccccc1-c1cnn2ccc(C(=O)Nc3ccccc3N3CCN(C(=O)OC(C)(C)C)CC3)nc12. The predicted molar refractivity (Wildman–Crippen MR) is 153 cm³/mol. The van der Waals surface area contributed by atoms with Crippen molar-refractivity contribution in [1.82, 2.24) is 19.5 Å². The van der Waals surface area contributed by atoms with Crippen molar-refractivity contribution in [3.63, 3.8) is 0 Å². The first-order valence-corrected chi connectivity index (χ1v) is 13.2. The molecular weight excluding hydrogens is 508 g/mol. The summed E-state index contributed by atoms with van der Waals surface area (Å²) >= 11 is 0. The molecule has 1 aliphatic heterocycles. The average Bonchev–Trinajstić information content (AvgIpc) is 3.36. The molecule has 3 heterocycles. The van der Waals surface area contributed by atoms with Crippen molar-refractivity contribution >= 4 is 34.8 Å². The normalized spacial score (nSPS) is 13.8. The molecule has 2 aromatic heterocycles. The fourth-order valence-corrected chi connectivity index (χ4v) is 4.71. The van der Waals surface area contributed by atoms with Gasteiger partial charge in [0.05, 0.1) is 17.6 Å². The van der Waals surface area contributed by atoms with Gasteiger partial charge < -0.3 is 19.9 Å². The van der Waals surface area contributed by atoms with E-state index in [1.807, 2.05) is 63.2 Å². The van der Waals surface area contributed by atoms with Crippen molar-refractivity contribution in [1.29, 1.82) is 0 Å². The molecule has 1 N–H and O–H groups in total. The van der Waals surface area contributed by atoms with E-state index in [0.29, 0.717) is 54.2 Å². The monoisotopic (exact) mass is 540 g/mol. The highest BCUT2D eigenvalue weighted by molar-refractivity contribution is 6.06. The van der Waals surface area contributed by atoms with Gasteiger partial charge in [0.1, 0.15) is 11.3 Å². The number of fused-ring (bicyclic) bond motifs is 1. The number of carbonyl (C=O) groups excluding carboxylic acids is 3. The Bertz CT molecular complexity index is 1580. The van der Waals surface area contributed by atoms with Crippen molar-refractivity contribution < 1.29 is 19.1 Å². The summed E-state index contributed by atoms with van der Waals surface area (Å²) in [5, 5.41) is 7.36. The quantitative estimate of drug-likeness (QED) is 0.358. The second-order valence-corrected chi connectivity index (χ2v) is 10.7. The van der Waals surface area contributed by atoms with Crippen molar-refractivity contribution in [3.8, 4) is 11.1 Å². The third-order valence-electron chi connectivity index (χ3n) is 6.62. The van der Waals surface area contributed by atoms with Crippen molar-refractivity contribution in [3.05, 3.63) is 78.2 Å². The van der Waals surface area contributed by atoms with Gasteiger partial charge in [-0.15, -0.1) is 0 Å². The number of amides is 2. The number of Topliss-reactive ketones (excluding diaryl/α,β-unsaturated/α-hetero) is 1. The summed E-state index contributed by atoms with van der Waals surface area (Å²) in [6, 6.07) is 16.5. The Morgan fingerprint density at radius 2 is 1.60 bits per heavy atom. The number of hydrogen-bond donors (Lipinski definition) is 1. The molecule has 5 rings (SSSR count). The van der Waals surface area contributed by atoms with Gasteiger partial charge in [-0.05, 0) is 51.5 Å². The molecule has 1 aliphatic rings. The third kappa shape index (κ3) is 5.66. The van der Waals surface area contributed by atoms with E-state index >= 15 is 0 Å². The van der Waals surface area contributed by atoms with E-state index in [-0.39, 0.29) is 23.5 Å². The van der Waals surface area contributed by atoms with Crippen LogP contribution >= 0.6 is 0 Å². The minimum Gasteiger partial charge on any atom is -0.444 e. The van der Waals surface area contributed by atoms with E-state index in [1.54, 1.807) is 33.9 Å². The summed E-state index contributed by atoms with van der Waals surface area (Å²) in [6.07, 6.45) is 3.01. The van der Waals surface area contributed by atoms with Gasteiger partial charge in [0.2, 0.25) is 0 Å². The largest absolute Gasteiger partial charge is 0.444 e. The maximum atomic E-state index is 13.4. The number of aromatic nitrogens is 3. The van der Waals surface area contributed by atoms with Gasteiger partial charge in [-0.1, -0.05) is 36.4 Å². The lowest BCUT2D eigenvalue weighted by Crippen LogP contribution is -2.50. The number of ether oxygens (including phenoxy) is 1. The lowest BCUT2D eigenvalue weighted by molar-refractivity contribution is 0.0240. The molecule has 1 saturated heterocycles. The van der Waals surface area contributed by atoms with Crippen LogP contribution in [0.3, 0.4) is 0 Å². The minimum atomic E-state index is -0.545. The highest BCUT2D eigenvalue weighted by Gasteiger charge is 2.27. The average molecular weight is 541 g/mol. The number of para-hydroxylation sites is 2. The van der Waals surface area contributed by atoms with Gasteiger partial charge in [-0.25, -0.2) is 14.3 Å². The molecule has 10 nitrogen and oxygen atoms in total. The van der Waals surface area contributed by atoms with Gasteiger partial charge in [0.25, 0.3) is 5.91 Å². The number of nitrogens with one attached hydrogen (secondary N) is 1. The highest BCUT2D eigenvalue weighted by atomic mass is 16.6. The second-order valence-electron chi connectivity index (χ2n) is 10.7. The number of benzene rings is 2. The zero-order chi connectivity index (χ0) is 28.4. The van der Waals surface area contributed by atoms with Crippen LogP contribution in [-0.4, -0.2) is 69.1 Å². The molecule has 0 saturated carbocycles. The van der Waals surface area contributed by atoms with Crippen molar-refractivity contribution in [2.45, 2.75) is 33.3 Å². The standard InChI is InChI=1S/C30H32N6O4/c1-20(37)21-9-5-6-10-22(21)23-19-31-36-14-13-25(32-27(23)36)28(38)33-24-11-7-8-12-26(24)34-15-17-35(18-16-34)29(39)40-30(2,3)4/h5-14,19H,15-18H2,1-4H3,(H,33,38). The van der Waals surface area contributed by atoms with Crippen LogP contribution in [0.1, 0.15) is 48.5 Å². The van der Waals surface area contributed by atoms with Gasteiger partial charge in [0, 0.05) is 43.5 Å². The van der Waals surface area contributed by atoms with Crippen LogP contribution in [0.2, 0.25) is 0 Å². The summed E-state index contributed by atoms with van der Waals surface area (Å²) in [7, 11) is 0. The van der Waals surface area contributed by atoms with Crippen LogP contribution in [0.4, 0.5) is 16.2 Å². The maximum Gasteiger partial charge on any atom is 0.410 e. The van der Waals surface area contributed by atoms with E-state index in [1.165, 1.54) is 6.92 Å². The number of rotatable bonds is 5. The molecular formula is C30H32N6O4. The predicted octanol–water partition coefficient (Wildman–Crippen LogP) is 4.91. The van der Waals surface area contributed by atoms with Gasteiger partial charge in [-0.3, -0.25) is 9.59 Å². The molecule has 206 valence electrons. The van der Waals surface area contributed by atoms with Gasteiger partial charge >= 0.3 is 6.09 Å². The van der Waals surface area contributed by atoms with Gasteiger partial charge in [-0.2, -0.15) is 5.10 Å². The molecule has 2 aromatic carbocycles. The summed E-state index contributed by atoms with van der Waals surface area (Å²) in [5.74, 6) is -0.429. The maximum absolute atomic E-state index is 13.4.